The van der Waals surface area contributed by atoms with Crippen molar-refractivity contribution in [2.45, 2.75) is 12.5 Å². The van der Waals surface area contributed by atoms with Crippen LogP contribution in [0.1, 0.15) is 23.7 Å². The van der Waals surface area contributed by atoms with Gasteiger partial charge in [-0.2, -0.15) is 0 Å². The second kappa shape index (κ2) is 4.45. The molecule has 1 aromatic rings. The van der Waals surface area contributed by atoms with Crippen molar-refractivity contribution in [3.05, 3.63) is 35.4 Å². The fraction of sp³-hybridized carbons (Fsp3) is 0.182. The van der Waals surface area contributed by atoms with E-state index in [1.165, 1.54) is 0 Å². The summed E-state index contributed by atoms with van der Waals surface area (Å²) in [6, 6.07) is 6.59. The average molecular weight is 190 g/mol. The van der Waals surface area contributed by atoms with E-state index in [0.717, 1.165) is 0 Å². The Morgan fingerprint density at radius 2 is 2.00 bits per heavy atom. The third-order valence-corrected chi connectivity index (χ3v) is 1.83. The molecular weight excluding hydrogens is 180 g/mol. The molecule has 0 bridgehead atoms. The van der Waals surface area contributed by atoms with Gasteiger partial charge in [-0.05, 0) is 17.7 Å². The maximum atomic E-state index is 10.3. The van der Waals surface area contributed by atoms with Crippen LogP contribution in [0.25, 0.3) is 0 Å². The van der Waals surface area contributed by atoms with E-state index in [9.17, 15) is 9.90 Å². The monoisotopic (exact) mass is 190 g/mol. The summed E-state index contributed by atoms with van der Waals surface area (Å²) in [5, 5.41) is 17.9. The van der Waals surface area contributed by atoms with Crippen molar-refractivity contribution >= 4 is 5.97 Å². The first-order valence-corrected chi connectivity index (χ1v) is 4.10. The zero-order valence-electron chi connectivity index (χ0n) is 7.47. The van der Waals surface area contributed by atoms with Gasteiger partial charge in [-0.1, -0.05) is 18.1 Å². The highest BCUT2D eigenvalue weighted by Crippen LogP contribution is 2.16. The molecule has 0 saturated carbocycles. The molecule has 0 radical (unpaired) electrons. The second-order valence-electron chi connectivity index (χ2n) is 2.88. The highest BCUT2D eigenvalue weighted by Gasteiger charge is 2.11. The molecule has 3 heteroatoms. The van der Waals surface area contributed by atoms with E-state index in [1.807, 2.05) is 0 Å². The fourth-order valence-corrected chi connectivity index (χ4v) is 1.08. The SMILES string of the molecule is C#Cc1ccc(C(O)CC(=O)O)cc1. The molecule has 3 nitrogen and oxygen atoms in total. The molecular formula is C11H10O3. The fourth-order valence-electron chi connectivity index (χ4n) is 1.08. The van der Waals surface area contributed by atoms with Crippen molar-refractivity contribution in [2.75, 3.05) is 0 Å². The van der Waals surface area contributed by atoms with Crippen LogP contribution in [0.5, 0.6) is 0 Å². The van der Waals surface area contributed by atoms with Crippen LogP contribution >= 0.6 is 0 Å². The maximum Gasteiger partial charge on any atom is 0.306 e. The first-order chi connectivity index (χ1) is 6.63. The lowest BCUT2D eigenvalue weighted by Gasteiger charge is -2.07. The summed E-state index contributed by atoms with van der Waals surface area (Å²) in [5.74, 6) is 1.41. The lowest BCUT2D eigenvalue weighted by Crippen LogP contribution is -2.05. The Balaban J connectivity index is 2.77. The van der Waals surface area contributed by atoms with Crippen LogP contribution in [-0.2, 0) is 4.79 Å². The largest absolute Gasteiger partial charge is 0.481 e. The minimum absolute atomic E-state index is 0.296. The maximum absolute atomic E-state index is 10.3. The smallest absolute Gasteiger partial charge is 0.306 e. The Bertz CT molecular complexity index is 359. The topological polar surface area (TPSA) is 57.5 Å². The molecule has 0 spiro atoms. The molecule has 0 aliphatic rings. The zero-order valence-corrected chi connectivity index (χ0v) is 7.47. The molecule has 0 aliphatic heterocycles. The van der Waals surface area contributed by atoms with E-state index in [0.29, 0.717) is 11.1 Å². The lowest BCUT2D eigenvalue weighted by molar-refractivity contribution is -0.139. The number of terminal acetylenes is 1. The van der Waals surface area contributed by atoms with Crippen LogP contribution in [-0.4, -0.2) is 16.2 Å². The Kier molecular flexibility index (Phi) is 3.27. The number of hydrogen-bond acceptors (Lipinski definition) is 2. The summed E-state index contributed by atoms with van der Waals surface area (Å²) in [7, 11) is 0. The van der Waals surface area contributed by atoms with Crippen molar-refractivity contribution in [1.82, 2.24) is 0 Å². The molecule has 2 N–H and O–H groups in total. The summed E-state index contributed by atoms with van der Waals surface area (Å²) in [6.07, 6.45) is 3.88. The number of aliphatic hydroxyl groups excluding tert-OH is 1. The first-order valence-electron chi connectivity index (χ1n) is 4.10. The van der Waals surface area contributed by atoms with Gasteiger partial charge in [-0.15, -0.1) is 6.42 Å². The van der Waals surface area contributed by atoms with Gasteiger partial charge in [-0.25, -0.2) is 0 Å². The van der Waals surface area contributed by atoms with Crippen LogP contribution in [0.4, 0.5) is 0 Å². The second-order valence-corrected chi connectivity index (χ2v) is 2.88. The molecule has 1 unspecified atom stereocenters. The molecule has 72 valence electrons. The third kappa shape index (κ3) is 2.61. The number of benzene rings is 1. The van der Waals surface area contributed by atoms with E-state index in [1.54, 1.807) is 24.3 Å². The zero-order chi connectivity index (χ0) is 10.6. The minimum atomic E-state index is -1.03. The van der Waals surface area contributed by atoms with E-state index in [-0.39, 0.29) is 6.42 Å². The van der Waals surface area contributed by atoms with Gasteiger partial charge in [0.05, 0.1) is 12.5 Å². The molecule has 0 heterocycles. The molecule has 1 atom stereocenters. The van der Waals surface area contributed by atoms with Crippen molar-refractivity contribution in [1.29, 1.82) is 0 Å². The number of rotatable bonds is 3. The van der Waals surface area contributed by atoms with Gasteiger partial charge in [0.1, 0.15) is 0 Å². The summed E-state index contributed by atoms with van der Waals surface area (Å²) in [5.41, 5.74) is 1.27. The van der Waals surface area contributed by atoms with Gasteiger partial charge < -0.3 is 10.2 Å². The van der Waals surface area contributed by atoms with Crippen molar-refractivity contribution in [3.63, 3.8) is 0 Å². The quantitative estimate of drug-likeness (QED) is 0.703. The Hall–Kier alpha value is -1.79. The van der Waals surface area contributed by atoms with Gasteiger partial charge in [0.15, 0.2) is 0 Å². The Morgan fingerprint density at radius 1 is 1.43 bits per heavy atom. The standard InChI is InChI=1S/C11H10O3/c1-2-8-3-5-9(6-4-8)10(12)7-11(13)14/h1,3-6,10,12H,7H2,(H,13,14). The van der Waals surface area contributed by atoms with Crippen molar-refractivity contribution in [3.8, 4) is 12.3 Å². The highest BCUT2D eigenvalue weighted by molar-refractivity contribution is 5.67. The van der Waals surface area contributed by atoms with Crippen molar-refractivity contribution in [2.24, 2.45) is 0 Å². The Morgan fingerprint density at radius 3 is 2.43 bits per heavy atom. The van der Waals surface area contributed by atoms with Crippen LogP contribution in [0.15, 0.2) is 24.3 Å². The molecule has 0 fully saturated rings. The van der Waals surface area contributed by atoms with Crippen molar-refractivity contribution < 1.29 is 15.0 Å². The van der Waals surface area contributed by atoms with Gasteiger partial charge in [-0.3, -0.25) is 4.79 Å². The number of carboxylic acids is 1. The molecule has 0 aliphatic carbocycles. The molecule has 1 rings (SSSR count). The third-order valence-electron chi connectivity index (χ3n) is 1.83. The van der Waals surface area contributed by atoms with Crippen LogP contribution in [0.3, 0.4) is 0 Å². The van der Waals surface area contributed by atoms with Crippen LogP contribution in [0.2, 0.25) is 0 Å². The number of carbonyl (C=O) groups is 1. The lowest BCUT2D eigenvalue weighted by atomic mass is 10.1. The molecule has 0 saturated heterocycles. The van der Waals surface area contributed by atoms with E-state index < -0.39 is 12.1 Å². The van der Waals surface area contributed by atoms with E-state index >= 15 is 0 Å². The van der Waals surface area contributed by atoms with E-state index in [2.05, 4.69) is 5.92 Å². The van der Waals surface area contributed by atoms with Crippen LogP contribution < -0.4 is 0 Å². The summed E-state index contributed by atoms with van der Waals surface area (Å²) in [4.78, 5) is 10.3. The minimum Gasteiger partial charge on any atom is -0.481 e. The average Bonchev–Trinajstić information content (AvgIpc) is 2.17. The van der Waals surface area contributed by atoms with Gasteiger partial charge in [0.25, 0.3) is 0 Å². The molecule has 1 aromatic carbocycles. The van der Waals surface area contributed by atoms with E-state index in [4.69, 9.17) is 11.5 Å². The van der Waals surface area contributed by atoms with Gasteiger partial charge in [0.2, 0.25) is 0 Å². The van der Waals surface area contributed by atoms with Gasteiger partial charge >= 0.3 is 5.97 Å². The summed E-state index contributed by atoms with van der Waals surface area (Å²) >= 11 is 0. The molecule has 14 heavy (non-hydrogen) atoms. The number of hydrogen-bond donors (Lipinski definition) is 2. The van der Waals surface area contributed by atoms with Gasteiger partial charge in [0, 0.05) is 5.56 Å². The summed E-state index contributed by atoms with van der Waals surface area (Å²) in [6.45, 7) is 0. The molecule has 0 amide bonds. The van der Waals surface area contributed by atoms with Crippen LogP contribution in [0, 0.1) is 12.3 Å². The highest BCUT2D eigenvalue weighted by atomic mass is 16.4. The first kappa shape index (κ1) is 10.3. The predicted octanol–water partition coefficient (Wildman–Crippen LogP) is 1.18. The normalized spacial score (nSPS) is 11.7. The number of aliphatic carboxylic acids is 1. The molecule has 0 aromatic heterocycles. The predicted molar refractivity (Wildman–Crippen MR) is 51.6 cm³/mol. The Labute approximate surface area is 82.0 Å². The number of aliphatic hydroxyl groups is 1. The summed E-state index contributed by atoms with van der Waals surface area (Å²) < 4.78 is 0. The number of carboxylic acid groups (broad SMARTS) is 1.